The van der Waals surface area contributed by atoms with Crippen molar-refractivity contribution in [2.45, 2.75) is 13.8 Å². The molecule has 0 saturated heterocycles. The van der Waals surface area contributed by atoms with Crippen LogP contribution in [0.2, 0.25) is 5.15 Å². The van der Waals surface area contributed by atoms with E-state index in [1.807, 2.05) is 13.8 Å². The number of hydrogen-bond acceptors (Lipinski definition) is 2. The Kier molecular flexibility index (Phi) is 5.66. The number of halogens is 2. The highest BCUT2D eigenvalue weighted by molar-refractivity contribution is 9.10. The maximum atomic E-state index is 10.4. The van der Waals surface area contributed by atoms with Crippen LogP contribution in [0.4, 0.5) is 0 Å². The van der Waals surface area contributed by atoms with Crippen molar-refractivity contribution in [3.8, 4) is 0 Å². The molecule has 0 atom stereocenters. The van der Waals surface area contributed by atoms with E-state index < -0.39 is 5.97 Å². The predicted octanol–water partition coefficient (Wildman–Crippen LogP) is 3.22. The maximum absolute atomic E-state index is 10.4. The molecule has 0 aromatic carbocycles. The summed E-state index contributed by atoms with van der Waals surface area (Å²) in [7, 11) is 0. The minimum absolute atomic E-state index is 0.112. The Morgan fingerprint density at radius 1 is 1.62 bits per heavy atom. The number of aromatic carboxylic acids is 1. The third-order valence-corrected chi connectivity index (χ3v) is 2.18. The summed E-state index contributed by atoms with van der Waals surface area (Å²) in [5.41, 5.74) is 0.112. The second-order valence-corrected chi connectivity index (χ2v) is 3.01. The molecule has 1 N–H and O–H groups in total. The lowest BCUT2D eigenvalue weighted by Gasteiger charge is -1.95. The zero-order valence-electron chi connectivity index (χ0n) is 7.21. The van der Waals surface area contributed by atoms with E-state index in [4.69, 9.17) is 16.7 Å². The lowest BCUT2D eigenvalue weighted by atomic mass is 10.3. The SMILES string of the molecule is CC.O=C(O)c1cnc(Cl)c(Br)c1. The molecule has 0 aliphatic heterocycles. The van der Waals surface area contributed by atoms with Gasteiger partial charge in [-0.1, -0.05) is 25.4 Å². The largest absolute Gasteiger partial charge is 0.478 e. The molecule has 72 valence electrons. The molecule has 0 aliphatic carbocycles. The molecule has 0 aliphatic rings. The van der Waals surface area contributed by atoms with E-state index in [-0.39, 0.29) is 10.7 Å². The van der Waals surface area contributed by atoms with Crippen LogP contribution in [0.5, 0.6) is 0 Å². The van der Waals surface area contributed by atoms with Crippen molar-refractivity contribution in [1.29, 1.82) is 0 Å². The van der Waals surface area contributed by atoms with Gasteiger partial charge in [0.05, 0.1) is 10.0 Å². The van der Waals surface area contributed by atoms with Crippen molar-refractivity contribution in [3.05, 3.63) is 27.5 Å². The molecule has 0 saturated carbocycles. The highest BCUT2D eigenvalue weighted by Gasteiger charge is 2.05. The summed E-state index contributed by atoms with van der Waals surface area (Å²) < 4.78 is 0.485. The van der Waals surface area contributed by atoms with Crippen LogP contribution in [0.25, 0.3) is 0 Å². The molecule has 1 rings (SSSR count). The van der Waals surface area contributed by atoms with E-state index in [0.717, 1.165) is 0 Å². The highest BCUT2D eigenvalue weighted by Crippen LogP contribution is 2.20. The summed E-state index contributed by atoms with van der Waals surface area (Å²) in [4.78, 5) is 14.0. The minimum Gasteiger partial charge on any atom is -0.478 e. The van der Waals surface area contributed by atoms with Crippen LogP contribution in [0.1, 0.15) is 24.2 Å². The Balaban J connectivity index is 0.000000671. The monoisotopic (exact) mass is 265 g/mol. The number of aromatic nitrogens is 1. The number of carbonyl (C=O) groups is 1. The summed E-state index contributed by atoms with van der Waals surface area (Å²) in [6.45, 7) is 4.00. The van der Waals surface area contributed by atoms with E-state index in [2.05, 4.69) is 20.9 Å². The Bertz CT molecular complexity index is 304. The smallest absolute Gasteiger partial charge is 0.337 e. The molecule has 0 amide bonds. The Hall–Kier alpha value is -0.610. The van der Waals surface area contributed by atoms with Crippen LogP contribution in [-0.4, -0.2) is 16.1 Å². The highest BCUT2D eigenvalue weighted by atomic mass is 79.9. The number of carboxylic acids is 1. The molecule has 5 heteroatoms. The van der Waals surface area contributed by atoms with E-state index >= 15 is 0 Å². The van der Waals surface area contributed by atoms with Crippen molar-refractivity contribution in [2.24, 2.45) is 0 Å². The number of nitrogens with zero attached hydrogens (tertiary/aromatic N) is 1. The third kappa shape index (κ3) is 3.74. The van der Waals surface area contributed by atoms with E-state index in [1.165, 1.54) is 12.3 Å². The van der Waals surface area contributed by atoms with Gasteiger partial charge in [0.15, 0.2) is 0 Å². The van der Waals surface area contributed by atoms with Gasteiger partial charge in [-0.05, 0) is 22.0 Å². The number of pyridine rings is 1. The van der Waals surface area contributed by atoms with Gasteiger partial charge in [-0.15, -0.1) is 0 Å². The molecule has 0 fully saturated rings. The molecular formula is C8H9BrClNO2. The first-order valence-electron chi connectivity index (χ1n) is 3.65. The zero-order valence-corrected chi connectivity index (χ0v) is 9.56. The molecule has 3 nitrogen and oxygen atoms in total. The van der Waals surface area contributed by atoms with Crippen LogP contribution in [-0.2, 0) is 0 Å². The molecule has 0 spiro atoms. The fourth-order valence-electron chi connectivity index (χ4n) is 0.538. The predicted molar refractivity (Wildman–Crippen MR) is 55.3 cm³/mol. The quantitative estimate of drug-likeness (QED) is 0.794. The van der Waals surface area contributed by atoms with Gasteiger partial charge in [-0.3, -0.25) is 0 Å². The fourth-order valence-corrected chi connectivity index (χ4v) is 0.991. The molecular weight excluding hydrogens is 257 g/mol. The lowest BCUT2D eigenvalue weighted by molar-refractivity contribution is 0.0696. The van der Waals surface area contributed by atoms with Crippen LogP contribution < -0.4 is 0 Å². The van der Waals surface area contributed by atoms with Gasteiger partial charge in [-0.25, -0.2) is 9.78 Å². The number of carboxylic acid groups (broad SMARTS) is 1. The lowest BCUT2D eigenvalue weighted by Crippen LogP contribution is -1.96. The van der Waals surface area contributed by atoms with Crippen LogP contribution in [0.15, 0.2) is 16.7 Å². The van der Waals surface area contributed by atoms with Gasteiger partial charge in [0.1, 0.15) is 5.15 Å². The van der Waals surface area contributed by atoms with Crippen LogP contribution >= 0.6 is 27.5 Å². The second kappa shape index (κ2) is 5.94. The average Bonchev–Trinajstić information content (AvgIpc) is 2.13. The van der Waals surface area contributed by atoms with E-state index in [0.29, 0.717) is 4.47 Å². The summed E-state index contributed by atoms with van der Waals surface area (Å²) in [6.07, 6.45) is 1.20. The van der Waals surface area contributed by atoms with Crippen LogP contribution in [0, 0.1) is 0 Å². The van der Waals surface area contributed by atoms with Gasteiger partial charge in [0, 0.05) is 6.20 Å². The minimum atomic E-state index is -1.02. The third-order valence-electron chi connectivity index (χ3n) is 1.04. The molecule has 0 unspecified atom stereocenters. The van der Waals surface area contributed by atoms with Gasteiger partial charge in [0.25, 0.3) is 0 Å². The van der Waals surface area contributed by atoms with Crippen molar-refractivity contribution >= 4 is 33.5 Å². The Morgan fingerprint density at radius 2 is 2.15 bits per heavy atom. The summed E-state index contributed by atoms with van der Waals surface area (Å²) in [6, 6.07) is 1.40. The van der Waals surface area contributed by atoms with Crippen molar-refractivity contribution in [1.82, 2.24) is 4.98 Å². The first kappa shape index (κ1) is 12.4. The van der Waals surface area contributed by atoms with Gasteiger partial charge < -0.3 is 5.11 Å². The van der Waals surface area contributed by atoms with E-state index in [1.54, 1.807) is 0 Å². The number of rotatable bonds is 1. The number of hydrogen-bond donors (Lipinski definition) is 1. The Labute approximate surface area is 89.9 Å². The fraction of sp³-hybridized carbons (Fsp3) is 0.250. The first-order chi connectivity index (χ1) is 6.11. The average molecular weight is 267 g/mol. The van der Waals surface area contributed by atoms with Crippen LogP contribution in [0.3, 0.4) is 0 Å². The molecule has 0 bridgehead atoms. The van der Waals surface area contributed by atoms with Crippen molar-refractivity contribution in [3.63, 3.8) is 0 Å². The topological polar surface area (TPSA) is 50.2 Å². The van der Waals surface area contributed by atoms with E-state index in [9.17, 15) is 4.79 Å². The molecule has 1 aromatic heterocycles. The molecule has 0 radical (unpaired) electrons. The molecule has 1 aromatic rings. The second-order valence-electron chi connectivity index (χ2n) is 1.80. The van der Waals surface area contributed by atoms with Crippen molar-refractivity contribution < 1.29 is 9.90 Å². The van der Waals surface area contributed by atoms with Crippen molar-refractivity contribution in [2.75, 3.05) is 0 Å². The molecule has 1 heterocycles. The molecule has 13 heavy (non-hydrogen) atoms. The summed E-state index contributed by atoms with van der Waals surface area (Å²) in [5.74, 6) is -1.02. The summed E-state index contributed by atoms with van der Waals surface area (Å²) >= 11 is 8.59. The zero-order chi connectivity index (χ0) is 10.4. The standard InChI is InChI=1S/C6H3BrClNO2.C2H6/c7-4-1-3(6(10)11)2-9-5(4)8;1-2/h1-2H,(H,10,11);1-2H3. The van der Waals surface area contributed by atoms with Gasteiger partial charge in [-0.2, -0.15) is 0 Å². The Morgan fingerprint density at radius 3 is 2.54 bits per heavy atom. The first-order valence-corrected chi connectivity index (χ1v) is 4.82. The maximum Gasteiger partial charge on any atom is 0.337 e. The van der Waals surface area contributed by atoms with Gasteiger partial charge >= 0.3 is 5.97 Å². The normalized spacial score (nSPS) is 8.62. The van der Waals surface area contributed by atoms with Gasteiger partial charge in [0.2, 0.25) is 0 Å². The summed E-state index contributed by atoms with van der Waals surface area (Å²) in [5, 5.41) is 8.76.